The number of nitrogens with one attached hydrogen (secondary N) is 1. The summed E-state index contributed by atoms with van der Waals surface area (Å²) < 4.78 is 2.35. The minimum atomic E-state index is 0.736. The van der Waals surface area contributed by atoms with E-state index in [2.05, 4.69) is 78.2 Å². The number of hydrazine groups is 1. The zero-order chi connectivity index (χ0) is 18.0. The second-order valence-electron chi connectivity index (χ2n) is 6.75. The molecule has 27 heavy (non-hydrogen) atoms. The summed E-state index contributed by atoms with van der Waals surface area (Å²) in [5, 5.41) is 8.50. The molecule has 0 saturated carbocycles. The predicted molar refractivity (Wildman–Crippen MR) is 117 cm³/mol. The summed E-state index contributed by atoms with van der Waals surface area (Å²) in [5.74, 6) is 6.59. The molecule has 0 fully saturated rings. The topological polar surface area (TPSA) is 50.9 Å². The van der Waals surface area contributed by atoms with Gasteiger partial charge in [-0.25, -0.2) is 10.8 Å². The predicted octanol–water partition coefficient (Wildman–Crippen LogP) is 6.19. The molecular weight excluding hydrogens is 350 g/mol. The molecule has 2 aromatic heterocycles. The first kappa shape index (κ1) is 14.9. The van der Waals surface area contributed by atoms with E-state index in [-0.39, 0.29) is 0 Å². The lowest BCUT2D eigenvalue weighted by Crippen LogP contribution is -2.08. The number of anilines is 1. The van der Waals surface area contributed by atoms with Gasteiger partial charge in [-0.15, -0.1) is 11.3 Å². The van der Waals surface area contributed by atoms with Crippen molar-refractivity contribution in [2.24, 2.45) is 5.84 Å². The molecule has 3 nitrogen and oxygen atoms in total. The molecule has 6 rings (SSSR count). The highest BCUT2D eigenvalue weighted by atomic mass is 32.1. The molecular formula is C23H15N3S. The molecule has 0 aliphatic heterocycles. The van der Waals surface area contributed by atoms with Crippen molar-refractivity contribution in [3.63, 3.8) is 0 Å². The van der Waals surface area contributed by atoms with Crippen LogP contribution in [0.5, 0.6) is 0 Å². The van der Waals surface area contributed by atoms with Crippen LogP contribution in [-0.2, 0) is 0 Å². The quantitative estimate of drug-likeness (QED) is 0.207. The fourth-order valence-electron chi connectivity index (χ4n) is 4.13. The Morgan fingerprint density at radius 3 is 2.33 bits per heavy atom. The zero-order valence-electron chi connectivity index (χ0n) is 14.4. The van der Waals surface area contributed by atoms with E-state index in [1.807, 2.05) is 0 Å². The number of benzene rings is 4. The van der Waals surface area contributed by atoms with Gasteiger partial charge in [0.1, 0.15) is 0 Å². The number of rotatable bonds is 1. The molecule has 0 unspecified atom stereocenters. The number of nitrogens with zero attached hydrogens (tertiary/aromatic N) is 1. The summed E-state index contributed by atoms with van der Waals surface area (Å²) in [6, 6.07) is 25.8. The third-order valence-corrected chi connectivity index (χ3v) is 6.52. The largest absolute Gasteiger partial charge is 0.307 e. The molecule has 0 atom stereocenters. The summed E-state index contributed by atoms with van der Waals surface area (Å²) in [6.45, 7) is 0. The molecule has 3 N–H and O–H groups in total. The molecule has 0 saturated heterocycles. The summed E-state index contributed by atoms with van der Waals surface area (Å²) >= 11 is 1.73. The van der Waals surface area contributed by atoms with Crippen molar-refractivity contribution >= 4 is 69.8 Å². The van der Waals surface area contributed by atoms with Crippen LogP contribution >= 0.6 is 11.3 Å². The molecule has 0 spiro atoms. The first-order valence-corrected chi connectivity index (χ1v) is 9.69. The van der Waals surface area contributed by atoms with Crippen LogP contribution in [0, 0.1) is 0 Å². The highest BCUT2D eigenvalue weighted by Crippen LogP contribution is 2.43. The monoisotopic (exact) mass is 365 g/mol. The van der Waals surface area contributed by atoms with E-state index in [1.165, 1.54) is 37.0 Å². The van der Waals surface area contributed by atoms with Gasteiger partial charge in [0.15, 0.2) is 5.82 Å². The molecule has 0 radical (unpaired) electrons. The van der Waals surface area contributed by atoms with Crippen molar-refractivity contribution in [2.45, 2.75) is 0 Å². The molecule has 128 valence electrons. The van der Waals surface area contributed by atoms with Crippen molar-refractivity contribution in [1.29, 1.82) is 0 Å². The van der Waals surface area contributed by atoms with E-state index in [0.717, 1.165) is 21.4 Å². The number of hydrogen-bond donors (Lipinski definition) is 2. The highest BCUT2D eigenvalue weighted by Gasteiger charge is 2.16. The van der Waals surface area contributed by atoms with E-state index in [9.17, 15) is 0 Å². The molecule has 0 aliphatic rings. The van der Waals surface area contributed by atoms with Crippen molar-refractivity contribution < 1.29 is 0 Å². The summed E-state index contributed by atoms with van der Waals surface area (Å²) in [6.07, 6.45) is 0. The second kappa shape index (κ2) is 5.39. The number of pyridine rings is 1. The number of thiophene rings is 1. The van der Waals surface area contributed by atoms with Crippen molar-refractivity contribution in [3.8, 4) is 0 Å². The van der Waals surface area contributed by atoms with Gasteiger partial charge in [-0.1, -0.05) is 66.7 Å². The maximum absolute atomic E-state index is 5.86. The highest BCUT2D eigenvalue weighted by molar-refractivity contribution is 7.26. The third-order valence-electron chi connectivity index (χ3n) is 5.34. The maximum atomic E-state index is 5.86. The number of nitrogens with two attached hydrogens (primary N) is 1. The van der Waals surface area contributed by atoms with Crippen molar-refractivity contribution in [1.82, 2.24) is 4.98 Å². The van der Waals surface area contributed by atoms with Crippen molar-refractivity contribution in [3.05, 3.63) is 72.8 Å². The van der Waals surface area contributed by atoms with Gasteiger partial charge in [-0.05, 0) is 22.2 Å². The molecule has 4 aromatic carbocycles. The van der Waals surface area contributed by atoms with E-state index < -0.39 is 0 Å². The lowest BCUT2D eigenvalue weighted by molar-refractivity contribution is 1.29. The Balaban J connectivity index is 1.90. The molecule has 6 aromatic rings. The van der Waals surface area contributed by atoms with Gasteiger partial charge in [-0.2, -0.15) is 0 Å². The lowest BCUT2D eigenvalue weighted by Gasteiger charge is -2.10. The molecule has 2 heterocycles. The van der Waals surface area contributed by atoms with Gasteiger partial charge in [-0.3, -0.25) is 0 Å². The Kier molecular flexibility index (Phi) is 2.98. The summed E-state index contributed by atoms with van der Waals surface area (Å²) in [4.78, 5) is 4.93. The minimum absolute atomic E-state index is 0.736. The molecule has 0 amide bonds. The van der Waals surface area contributed by atoms with Crippen LogP contribution in [0.3, 0.4) is 0 Å². The van der Waals surface area contributed by atoms with Crippen LogP contribution < -0.4 is 11.3 Å². The van der Waals surface area contributed by atoms with E-state index in [1.54, 1.807) is 11.3 Å². The zero-order valence-corrected chi connectivity index (χ0v) is 15.2. The van der Waals surface area contributed by atoms with E-state index in [0.29, 0.717) is 0 Å². The molecule has 0 bridgehead atoms. The number of fused-ring (bicyclic) bond motifs is 9. The van der Waals surface area contributed by atoms with E-state index in [4.69, 9.17) is 10.8 Å². The van der Waals surface area contributed by atoms with Crippen molar-refractivity contribution in [2.75, 3.05) is 5.43 Å². The SMILES string of the molecule is NNc1nc2c3ccc4ccccc4c3ccc2c2c1sc1ccccc12. The first-order chi connectivity index (χ1) is 13.3. The Labute approximate surface area is 159 Å². The molecule has 0 aliphatic carbocycles. The Morgan fingerprint density at radius 2 is 1.44 bits per heavy atom. The normalized spacial score (nSPS) is 11.9. The number of nitrogen functional groups attached to an aromatic ring is 1. The van der Waals surface area contributed by atoms with Crippen LogP contribution in [0.15, 0.2) is 72.8 Å². The second-order valence-corrected chi connectivity index (χ2v) is 7.80. The van der Waals surface area contributed by atoms with Gasteiger partial charge in [0.05, 0.1) is 10.2 Å². The van der Waals surface area contributed by atoms with Crippen LogP contribution in [0.1, 0.15) is 0 Å². The van der Waals surface area contributed by atoms with E-state index >= 15 is 0 Å². The fraction of sp³-hybridized carbons (Fsp3) is 0. The fourth-order valence-corrected chi connectivity index (χ4v) is 5.30. The van der Waals surface area contributed by atoms with Crippen LogP contribution in [0.2, 0.25) is 0 Å². The number of aromatic nitrogens is 1. The Bertz CT molecular complexity index is 1510. The van der Waals surface area contributed by atoms with Gasteiger partial charge < -0.3 is 5.43 Å². The summed E-state index contributed by atoms with van der Waals surface area (Å²) in [7, 11) is 0. The lowest BCUT2D eigenvalue weighted by atomic mass is 9.98. The van der Waals surface area contributed by atoms with Crippen LogP contribution in [-0.4, -0.2) is 4.98 Å². The van der Waals surface area contributed by atoms with Crippen LogP contribution in [0.25, 0.3) is 52.6 Å². The average molecular weight is 365 g/mol. The van der Waals surface area contributed by atoms with Gasteiger partial charge >= 0.3 is 0 Å². The standard InChI is InChI=1S/C23H15N3S/c24-26-23-22-20(17-7-3-4-8-19(17)27-22)18-12-11-15-14-6-2-1-5-13(14)9-10-16(15)21(18)25-23/h1-12H,24H2,(H,25,26). The molecule has 4 heteroatoms. The first-order valence-electron chi connectivity index (χ1n) is 8.87. The van der Waals surface area contributed by atoms with Gasteiger partial charge in [0.25, 0.3) is 0 Å². The minimum Gasteiger partial charge on any atom is -0.307 e. The van der Waals surface area contributed by atoms with Crippen LogP contribution in [0.4, 0.5) is 5.82 Å². The van der Waals surface area contributed by atoms with Gasteiger partial charge in [0.2, 0.25) is 0 Å². The van der Waals surface area contributed by atoms with Gasteiger partial charge in [0, 0.05) is 26.2 Å². The number of hydrogen-bond acceptors (Lipinski definition) is 4. The third kappa shape index (κ3) is 1.97. The Morgan fingerprint density at radius 1 is 0.704 bits per heavy atom. The maximum Gasteiger partial charge on any atom is 0.158 e. The average Bonchev–Trinajstić information content (AvgIpc) is 3.12. The summed E-state index contributed by atoms with van der Waals surface area (Å²) in [5.41, 5.74) is 3.81. The smallest absolute Gasteiger partial charge is 0.158 e. The Hall–Kier alpha value is -3.21.